The number of fused-ring (bicyclic) bond motifs is 1. The maximum atomic E-state index is 13.1. The molecule has 0 aliphatic carbocycles. The van der Waals surface area contributed by atoms with E-state index in [1.165, 1.54) is 0 Å². The minimum atomic E-state index is 0.0495. The third-order valence-electron chi connectivity index (χ3n) is 4.58. The number of hydrogen-bond acceptors (Lipinski definition) is 3. The first-order valence-corrected chi connectivity index (χ1v) is 8.96. The molecule has 0 unspecified atom stereocenters. The highest BCUT2D eigenvalue weighted by atomic mass is 16.3. The Hall–Kier alpha value is -3.40. The predicted molar refractivity (Wildman–Crippen MR) is 105 cm³/mol. The summed E-state index contributed by atoms with van der Waals surface area (Å²) in [4.78, 5) is 19.3. The molecule has 0 bridgehead atoms. The van der Waals surface area contributed by atoms with Crippen LogP contribution < -0.4 is 0 Å². The quantitative estimate of drug-likeness (QED) is 0.507. The number of rotatable bonds is 6. The normalized spacial score (nSPS) is 10.8. The highest BCUT2D eigenvalue weighted by molar-refractivity contribution is 5.90. The molecule has 4 rings (SSSR count). The Balaban J connectivity index is 1.59. The van der Waals surface area contributed by atoms with Crippen molar-refractivity contribution in [2.75, 3.05) is 0 Å². The van der Waals surface area contributed by atoms with Crippen LogP contribution in [0.2, 0.25) is 0 Å². The fourth-order valence-corrected chi connectivity index (χ4v) is 3.23. The van der Waals surface area contributed by atoms with Crippen LogP contribution in [0.15, 0.2) is 89.7 Å². The molecule has 1 amide bonds. The summed E-state index contributed by atoms with van der Waals surface area (Å²) in [6, 6.07) is 23.7. The lowest BCUT2D eigenvalue weighted by molar-refractivity contribution is -0.132. The molecule has 0 radical (unpaired) electrons. The molecule has 4 aromatic rings. The Morgan fingerprint density at radius 1 is 0.889 bits per heavy atom. The number of pyridine rings is 1. The van der Waals surface area contributed by atoms with Crippen molar-refractivity contribution in [3.63, 3.8) is 0 Å². The van der Waals surface area contributed by atoms with Crippen LogP contribution in [0.4, 0.5) is 0 Å². The molecule has 0 fully saturated rings. The van der Waals surface area contributed by atoms with Crippen LogP contribution in [0.1, 0.15) is 17.0 Å². The Morgan fingerprint density at radius 2 is 1.74 bits per heavy atom. The Kier molecular flexibility index (Phi) is 4.97. The number of benzene rings is 2. The SMILES string of the molecule is O=C(Cc1cccc2ccccc12)N(Cc1ccccn1)Cc1ccco1. The average molecular weight is 356 g/mol. The topological polar surface area (TPSA) is 46.3 Å². The van der Waals surface area contributed by atoms with Crippen LogP contribution in [0.5, 0.6) is 0 Å². The average Bonchev–Trinajstić information content (AvgIpc) is 3.22. The zero-order valence-electron chi connectivity index (χ0n) is 14.9. The van der Waals surface area contributed by atoms with Gasteiger partial charge in [0.05, 0.1) is 31.5 Å². The lowest BCUT2D eigenvalue weighted by Gasteiger charge is -2.22. The summed E-state index contributed by atoms with van der Waals surface area (Å²) in [6.07, 6.45) is 3.72. The van der Waals surface area contributed by atoms with E-state index in [4.69, 9.17) is 4.42 Å². The second-order valence-corrected chi connectivity index (χ2v) is 6.47. The molecule has 0 aliphatic rings. The van der Waals surface area contributed by atoms with Crippen molar-refractivity contribution in [1.29, 1.82) is 0 Å². The van der Waals surface area contributed by atoms with Crippen molar-refractivity contribution in [2.24, 2.45) is 0 Å². The first kappa shape index (κ1) is 17.0. The zero-order valence-corrected chi connectivity index (χ0v) is 14.9. The lowest BCUT2D eigenvalue weighted by atomic mass is 10.0. The van der Waals surface area contributed by atoms with Gasteiger partial charge in [0.25, 0.3) is 0 Å². The van der Waals surface area contributed by atoms with Crippen molar-refractivity contribution < 1.29 is 9.21 Å². The second-order valence-electron chi connectivity index (χ2n) is 6.47. The van der Waals surface area contributed by atoms with E-state index in [1.807, 2.05) is 54.6 Å². The van der Waals surface area contributed by atoms with Gasteiger partial charge in [0.1, 0.15) is 5.76 Å². The van der Waals surface area contributed by atoms with Gasteiger partial charge < -0.3 is 9.32 Å². The Bertz CT molecular complexity index is 1020. The molecule has 134 valence electrons. The van der Waals surface area contributed by atoms with Gasteiger partial charge in [-0.3, -0.25) is 9.78 Å². The number of nitrogens with zero attached hydrogens (tertiary/aromatic N) is 2. The van der Waals surface area contributed by atoms with Crippen LogP contribution >= 0.6 is 0 Å². The Morgan fingerprint density at radius 3 is 2.56 bits per heavy atom. The Labute approximate surface area is 158 Å². The van der Waals surface area contributed by atoms with Crippen LogP contribution in [-0.4, -0.2) is 15.8 Å². The van der Waals surface area contributed by atoms with E-state index in [9.17, 15) is 4.79 Å². The van der Waals surface area contributed by atoms with Gasteiger partial charge in [-0.05, 0) is 40.6 Å². The van der Waals surface area contributed by atoms with Gasteiger partial charge in [0.2, 0.25) is 5.91 Å². The van der Waals surface area contributed by atoms with Crippen molar-refractivity contribution >= 4 is 16.7 Å². The van der Waals surface area contributed by atoms with E-state index in [0.717, 1.165) is 27.8 Å². The molecule has 0 saturated heterocycles. The molecular formula is C23H20N2O2. The van der Waals surface area contributed by atoms with E-state index in [2.05, 4.69) is 23.2 Å². The highest BCUT2D eigenvalue weighted by Gasteiger charge is 2.18. The summed E-state index contributed by atoms with van der Waals surface area (Å²) in [6.45, 7) is 0.873. The summed E-state index contributed by atoms with van der Waals surface area (Å²) in [5.41, 5.74) is 1.89. The molecule has 4 heteroatoms. The number of amides is 1. The van der Waals surface area contributed by atoms with Crippen molar-refractivity contribution in [1.82, 2.24) is 9.88 Å². The molecule has 0 atom stereocenters. The second kappa shape index (κ2) is 7.87. The molecule has 4 nitrogen and oxygen atoms in total. The minimum absolute atomic E-state index is 0.0495. The summed E-state index contributed by atoms with van der Waals surface area (Å²) < 4.78 is 5.46. The molecule has 0 aliphatic heterocycles. The molecule has 0 saturated carbocycles. The molecule has 2 aromatic carbocycles. The standard InChI is InChI=1S/C23H20N2O2/c26-23(15-19-9-5-8-18-7-1-2-12-22(18)19)25(17-21-11-6-14-27-21)16-20-10-3-4-13-24-20/h1-14H,15-17H2. The largest absolute Gasteiger partial charge is 0.467 e. The van der Waals surface area contributed by atoms with Crippen LogP contribution in [0, 0.1) is 0 Å². The minimum Gasteiger partial charge on any atom is -0.467 e. The van der Waals surface area contributed by atoms with Crippen molar-refractivity contribution in [3.8, 4) is 0 Å². The van der Waals surface area contributed by atoms with Gasteiger partial charge in [-0.2, -0.15) is 0 Å². The fourth-order valence-electron chi connectivity index (χ4n) is 3.23. The fraction of sp³-hybridized carbons (Fsp3) is 0.130. The summed E-state index contributed by atoms with van der Waals surface area (Å²) >= 11 is 0. The molecule has 2 heterocycles. The van der Waals surface area contributed by atoms with E-state index in [0.29, 0.717) is 19.5 Å². The number of hydrogen-bond donors (Lipinski definition) is 0. The number of carbonyl (C=O) groups excluding carboxylic acids is 1. The van der Waals surface area contributed by atoms with E-state index < -0.39 is 0 Å². The highest BCUT2D eigenvalue weighted by Crippen LogP contribution is 2.20. The van der Waals surface area contributed by atoms with E-state index in [1.54, 1.807) is 17.4 Å². The zero-order chi connectivity index (χ0) is 18.5. The van der Waals surface area contributed by atoms with Crippen LogP contribution in [-0.2, 0) is 24.3 Å². The molecular weight excluding hydrogens is 336 g/mol. The molecule has 0 spiro atoms. The van der Waals surface area contributed by atoms with E-state index >= 15 is 0 Å². The third-order valence-corrected chi connectivity index (χ3v) is 4.58. The van der Waals surface area contributed by atoms with Gasteiger partial charge in [-0.1, -0.05) is 48.5 Å². The molecule has 0 N–H and O–H groups in total. The lowest BCUT2D eigenvalue weighted by Crippen LogP contribution is -2.31. The summed E-state index contributed by atoms with van der Waals surface area (Å²) in [5, 5.41) is 2.26. The molecule has 2 aromatic heterocycles. The van der Waals surface area contributed by atoms with Crippen molar-refractivity contribution in [2.45, 2.75) is 19.5 Å². The van der Waals surface area contributed by atoms with Gasteiger partial charge in [-0.25, -0.2) is 0 Å². The maximum absolute atomic E-state index is 13.1. The van der Waals surface area contributed by atoms with Gasteiger partial charge in [0, 0.05) is 6.20 Å². The smallest absolute Gasteiger partial charge is 0.227 e. The maximum Gasteiger partial charge on any atom is 0.227 e. The number of aromatic nitrogens is 1. The number of furan rings is 1. The van der Waals surface area contributed by atoms with Crippen LogP contribution in [0.25, 0.3) is 10.8 Å². The number of carbonyl (C=O) groups is 1. The summed E-state index contributed by atoms with van der Waals surface area (Å²) in [5.74, 6) is 0.811. The van der Waals surface area contributed by atoms with Crippen molar-refractivity contribution in [3.05, 3.63) is 102 Å². The molecule has 27 heavy (non-hydrogen) atoms. The van der Waals surface area contributed by atoms with Gasteiger partial charge >= 0.3 is 0 Å². The van der Waals surface area contributed by atoms with Gasteiger partial charge in [-0.15, -0.1) is 0 Å². The predicted octanol–water partition coefficient (Wildman–Crippen LogP) is 4.60. The van der Waals surface area contributed by atoms with E-state index in [-0.39, 0.29) is 5.91 Å². The van der Waals surface area contributed by atoms with Gasteiger partial charge in [0.15, 0.2) is 0 Å². The monoisotopic (exact) mass is 356 g/mol. The third kappa shape index (κ3) is 4.06. The first-order chi connectivity index (χ1) is 13.3. The van der Waals surface area contributed by atoms with Crippen LogP contribution in [0.3, 0.4) is 0 Å². The summed E-state index contributed by atoms with van der Waals surface area (Å²) in [7, 11) is 0. The first-order valence-electron chi connectivity index (χ1n) is 8.96.